The van der Waals surface area contributed by atoms with Crippen molar-refractivity contribution in [1.82, 2.24) is 4.90 Å². The Balaban J connectivity index is 2.16. The maximum atomic E-state index is 13.0. The smallest absolute Gasteiger partial charge is 0.295 e. The van der Waals surface area contributed by atoms with Gasteiger partial charge in [0.2, 0.25) is 0 Å². The van der Waals surface area contributed by atoms with Gasteiger partial charge in [-0.2, -0.15) is 0 Å². The largest absolute Gasteiger partial charge is 0.507 e. The van der Waals surface area contributed by atoms with Crippen LogP contribution in [0.15, 0.2) is 48.0 Å². The summed E-state index contributed by atoms with van der Waals surface area (Å²) in [6, 6.07) is 13.1. The molecule has 3 rings (SSSR count). The molecule has 0 aliphatic carbocycles. The van der Waals surface area contributed by atoms with Gasteiger partial charge >= 0.3 is 0 Å². The van der Waals surface area contributed by atoms with Crippen LogP contribution in [0, 0.1) is 13.8 Å². The maximum absolute atomic E-state index is 13.0. The van der Waals surface area contributed by atoms with E-state index in [4.69, 9.17) is 0 Å². The third-order valence-electron chi connectivity index (χ3n) is 5.99. The van der Waals surface area contributed by atoms with Gasteiger partial charge in [0.1, 0.15) is 5.76 Å². The fraction of sp³-hybridized carbons (Fsp3) is 0.385. The van der Waals surface area contributed by atoms with Crippen LogP contribution in [0.25, 0.3) is 5.76 Å². The van der Waals surface area contributed by atoms with Crippen molar-refractivity contribution in [3.63, 3.8) is 0 Å². The first kappa shape index (κ1) is 22.6. The predicted octanol–water partition coefficient (Wildman–Crippen LogP) is 4.98. The van der Waals surface area contributed by atoms with E-state index < -0.39 is 17.7 Å². The van der Waals surface area contributed by atoms with Gasteiger partial charge in [-0.15, -0.1) is 0 Å². The number of anilines is 1. The minimum Gasteiger partial charge on any atom is -0.507 e. The number of aryl methyl sites for hydroxylation is 2. The van der Waals surface area contributed by atoms with Crippen LogP contribution in [0.3, 0.4) is 0 Å². The van der Waals surface area contributed by atoms with E-state index in [9.17, 15) is 14.7 Å². The van der Waals surface area contributed by atoms with Crippen LogP contribution in [0.4, 0.5) is 5.69 Å². The monoisotopic (exact) mass is 420 g/mol. The van der Waals surface area contributed by atoms with E-state index in [0.29, 0.717) is 12.1 Å². The third-order valence-corrected chi connectivity index (χ3v) is 5.99. The van der Waals surface area contributed by atoms with E-state index in [-0.39, 0.29) is 11.3 Å². The third kappa shape index (κ3) is 4.22. The van der Waals surface area contributed by atoms with Gasteiger partial charge in [-0.05, 0) is 63.4 Å². The fourth-order valence-corrected chi connectivity index (χ4v) is 4.29. The minimum atomic E-state index is -0.621. The molecule has 1 unspecified atom stereocenters. The molecule has 0 radical (unpaired) electrons. The second-order valence-corrected chi connectivity index (χ2v) is 8.07. The van der Waals surface area contributed by atoms with Gasteiger partial charge in [0.05, 0.1) is 11.6 Å². The van der Waals surface area contributed by atoms with Crippen molar-refractivity contribution in [3.8, 4) is 0 Å². The van der Waals surface area contributed by atoms with Crippen molar-refractivity contribution in [2.24, 2.45) is 0 Å². The van der Waals surface area contributed by atoms with Crippen molar-refractivity contribution in [1.29, 1.82) is 0 Å². The molecule has 31 heavy (non-hydrogen) atoms. The molecule has 1 aliphatic rings. The molecule has 1 saturated heterocycles. The predicted molar refractivity (Wildman–Crippen MR) is 125 cm³/mol. The highest BCUT2D eigenvalue weighted by molar-refractivity contribution is 6.46. The zero-order valence-electron chi connectivity index (χ0n) is 19.1. The lowest BCUT2D eigenvalue weighted by molar-refractivity contribution is -0.139. The first-order valence-corrected chi connectivity index (χ1v) is 11.0. The average Bonchev–Trinajstić information content (AvgIpc) is 3.01. The molecule has 0 aromatic heterocycles. The molecule has 0 bridgehead atoms. The van der Waals surface area contributed by atoms with E-state index in [1.54, 1.807) is 4.90 Å². The minimum absolute atomic E-state index is 0.101. The molecule has 5 nitrogen and oxygen atoms in total. The number of aliphatic hydroxyl groups excluding tert-OH is 1. The van der Waals surface area contributed by atoms with Crippen LogP contribution in [0.2, 0.25) is 0 Å². The second-order valence-electron chi connectivity index (χ2n) is 8.07. The van der Waals surface area contributed by atoms with Crippen LogP contribution < -0.4 is 4.90 Å². The van der Waals surface area contributed by atoms with Gasteiger partial charge in [-0.25, -0.2) is 0 Å². The highest BCUT2D eigenvalue weighted by Crippen LogP contribution is 2.40. The Hall–Kier alpha value is -3.08. The van der Waals surface area contributed by atoms with Gasteiger partial charge in [-0.3, -0.25) is 9.59 Å². The SMILES string of the molecule is CCCN1C(=O)C(=O)/C(=C(/O)c2cc(C)ccc2C)C1c1ccc(N(CC)CC)cc1. The Bertz CT molecular complexity index is 1000. The second kappa shape index (κ2) is 9.38. The number of ketones is 1. The molecule has 1 heterocycles. The average molecular weight is 421 g/mol. The fourth-order valence-electron chi connectivity index (χ4n) is 4.29. The Morgan fingerprint density at radius 1 is 1.00 bits per heavy atom. The summed E-state index contributed by atoms with van der Waals surface area (Å²) in [6.45, 7) is 12.3. The van der Waals surface area contributed by atoms with Crippen molar-refractivity contribution in [2.75, 3.05) is 24.5 Å². The van der Waals surface area contributed by atoms with Crippen molar-refractivity contribution < 1.29 is 14.7 Å². The van der Waals surface area contributed by atoms with Crippen molar-refractivity contribution >= 4 is 23.1 Å². The highest BCUT2D eigenvalue weighted by atomic mass is 16.3. The Labute approximate surface area is 185 Å². The molecule has 5 heteroatoms. The summed E-state index contributed by atoms with van der Waals surface area (Å²) in [6.07, 6.45) is 0.727. The van der Waals surface area contributed by atoms with Crippen LogP contribution in [-0.4, -0.2) is 41.3 Å². The van der Waals surface area contributed by atoms with Crippen molar-refractivity contribution in [3.05, 3.63) is 70.3 Å². The van der Waals surface area contributed by atoms with E-state index in [0.717, 1.165) is 41.9 Å². The van der Waals surface area contributed by atoms with E-state index in [2.05, 4.69) is 18.7 Å². The molecule has 2 aromatic carbocycles. The van der Waals surface area contributed by atoms with Gasteiger partial charge < -0.3 is 14.9 Å². The number of rotatable bonds is 7. The summed E-state index contributed by atoms with van der Waals surface area (Å²) >= 11 is 0. The molecule has 164 valence electrons. The number of hydrogen-bond donors (Lipinski definition) is 1. The molecular formula is C26H32N2O3. The van der Waals surface area contributed by atoms with Crippen molar-refractivity contribution in [2.45, 2.75) is 47.1 Å². The molecule has 0 saturated carbocycles. The lowest BCUT2D eigenvalue weighted by Gasteiger charge is -2.26. The molecule has 1 aliphatic heterocycles. The number of Topliss-reactive ketones (excluding diaryl/α,β-unsaturated/α-hetero) is 1. The van der Waals surface area contributed by atoms with Crippen LogP contribution >= 0.6 is 0 Å². The first-order chi connectivity index (χ1) is 14.8. The molecule has 1 N–H and O–H groups in total. The Morgan fingerprint density at radius 3 is 2.23 bits per heavy atom. The molecular weight excluding hydrogens is 388 g/mol. The topological polar surface area (TPSA) is 60.9 Å². The summed E-state index contributed by atoms with van der Waals surface area (Å²) in [4.78, 5) is 29.7. The lowest BCUT2D eigenvalue weighted by atomic mass is 9.93. The van der Waals surface area contributed by atoms with Gasteiger partial charge in [0, 0.05) is 30.9 Å². The van der Waals surface area contributed by atoms with Gasteiger partial charge in [0.15, 0.2) is 0 Å². The Morgan fingerprint density at radius 2 is 1.65 bits per heavy atom. The normalized spacial score (nSPS) is 18.0. The summed E-state index contributed by atoms with van der Waals surface area (Å²) in [7, 11) is 0. The van der Waals surface area contributed by atoms with E-state index in [1.807, 2.05) is 63.2 Å². The molecule has 2 aromatic rings. The number of nitrogens with zero attached hydrogens (tertiary/aromatic N) is 2. The zero-order chi connectivity index (χ0) is 22.7. The van der Waals surface area contributed by atoms with Gasteiger partial charge in [0.25, 0.3) is 11.7 Å². The number of carbonyl (C=O) groups is 2. The lowest BCUT2D eigenvalue weighted by Crippen LogP contribution is -2.30. The summed E-state index contributed by atoms with van der Waals surface area (Å²) in [5, 5.41) is 11.2. The summed E-state index contributed by atoms with van der Waals surface area (Å²) in [5.74, 6) is -1.27. The number of hydrogen-bond acceptors (Lipinski definition) is 4. The first-order valence-electron chi connectivity index (χ1n) is 11.0. The maximum Gasteiger partial charge on any atom is 0.295 e. The Kier molecular flexibility index (Phi) is 6.84. The quantitative estimate of drug-likeness (QED) is 0.390. The van der Waals surface area contributed by atoms with Crippen LogP contribution in [0.5, 0.6) is 0 Å². The van der Waals surface area contributed by atoms with E-state index >= 15 is 0 Å². The van der Waals surface area contributed by atoms with Crippen LogP contribution in [-0.2, 0) is 9.59 Å². The number of benzene rings is 2. The molecule has 1 atom stereocenters. The number of carbonyl (C=O) groups excluding carboxylic acids is 2. The number of aliphatic hydroxyl groups is 1. The molecule has 0 spiro atoms. The zero-order valence-corrected chi connectivity index (χ0v) is 19.1. The van der Waals surface area contributed by atoms with Gasteiger partial charge in [-0.1, -0.05) is 36.8 Å². The van der Waals surface area contributed by atoms with E-state index in [1.165, 1.54) is 0 Å². The number of likely N-dealkylation sites (tertiary alicyclic amines) is 1. The number of amides is 1. The standard InChI is InChI=1S/C26H32N2O3/c1-6-15-28-23(19-11-13-20(14-12-19)27(7-2)8-3)22(25(30)26(28)31)24(29)21-16-17(4)9-10-18(21)5/h9-14,16,23,29H,6-8,15H2,1-5H3/b24-22+. The summed E-state index contributed by atoms with van der Waals surface area (Å²) in [5.41, 5.74) is 4.53. The molecule has 1 amide bonds. The van der Waals surface area contributed by atoms with Crippen LogP contribution in [0.1, 0.15) is 55.5 Å². The summed E-state index contributed by atoms with van der Waals surface area (Å²) < 4.78 is 0. The molecule has 1 fully saturated rings. The highest BCUT2D eigenvalue weighted by Gasteiger charge is 2.45.